The van der Waals surface area contributed by atoms with Gasteiger partial charge in [-0.3, -0.25) is 0 Å². The van der Waals surface area contributed by atoms with Crippen LogP contribution in [0.2, 0.25) is 0 Å². The summed E-state index contributed by atoms with van der Waals surface area (Å²) in [6.45, 7) is 2.70. The molecule has 4 nitrogen and oxygen atoms in total. The van der Waals surface area contributed by atoms with E-state index in [-0.39, 0.29) is 6.04 Å². The molecule has 3 rings (SSSR count). The van der Waals surface area contributed by atoms with Crippen molar-refractivity contribution < 1.29 is 0 Å². The van der Waals surface area contributed by atoms with Crippen LogP contribution in [0.5, 0.6) is 0 Å². The fourth-order valence-electron chi connectivity index (χ4n) is 2.32. The molecule has 1 atom stereocenters. The molecule has 2 N–H and O–H groups in total. The van der Waals surface area contributed by atoms with E-state index in [2.05, 4.69) is 28.3 Å². The van der Waals surface area contributed by atoms with E-state index in [9.17, 15) is 0 Å². The van der Waals surface area contributed by atoms with Crippen LogP contribution in [0.4, 0.5) is 0 Å². The van der Waals surface area contributed by atoms with E-state index in [1.807, 2.05) is 48.5 Å². The minimum Gasteiger partial charge on any atom is -0.341 e. The van der Waals surface area contributed by atoms with Gasteiger partial charge in [0.05, 0.1) is 28.7 Å². The highest BCUT2D eigenvalue weighted by Gasteiger charge is 2.10. The van der Waals surface area contributed by atoms with Crippen LogP contribution in [0, 0.1) is 11.3 Å². The normalized spacial score (nSPS) is 12.2. The molecule has 0 spiro atoms. The number of rotatable bonds is 4. The first kappa shape index (κ1) is 13.3. The van der Waals surface area contributed by atoms with Crippen molar-refractivity contribution >= 4 is 11.0 Å². The van der Waals surface area contributed by atoms with Crippen LogP contribution >= 0.6 is 0 Å². The van der Waals surface area contributed by atoms with Crippen LogP contribution in [0.3, 0.4) is 0 Å². The fraction of sp³-hybridized carbons (Fsp3) is 0.176. The van der Waals surface area contributed by atoms with Crippen molar-refractivity contribution in [2.24, 2.45) is 0 Å². The lowest BCUT2D eigenvalue weighted by atomic mass is 10.1. The topological polar surface area (TPSA) is 64.5 Å². The number of H-pyrrole nitrogens is 1. The SMILES string of the molecule is CC(NCc1ccccc1C#N)c1nc2ccccc2[nH]1. The lowest BCUT2D eigenvalue weighted by molar-refractivity contribution is 0.552. The van der Waals surface area contributed by atoms with Crippen molar-refractivity contribution in [2.45, 2.75) is 19.5 Å². The molecule has 0 bridgehead atoms. The van der Waals surface area contributed by atoms with Gasteiger partial charge in [0.1, 0.15) is 5.82 Å². The van der Waals surface area contributed by atoms with Gasteiger partial charge in [-0.15, -0.1) is 0 Å². The molecular weight excluding hydrogens is 260 g/mol. The molecule has 1 aromatic heterocycles. The molecule has 3 aromatic rings. The molecule has 2 aromatic carbocycles. The largest absolute Gasteiger partial charge is 0.341 e. The molecule has 1 heterocycles. The van der Waals surface area contributed by atoms with Gasteiger partial charge in [-0.1, -0.05) is 30.3 Å². The zero-order chi connectivity index (χ0) is 14.7. The average Bonchev–Trinajstić information content (AvgIpc) is 2.97. The predicted octanol–water partition coefficient (Wildman–Crippen LogP) is 3.29. The maximum absolute atomic E-state index is 9.10. The highest BCUT2D eigenvalue weighted by atomic mass is 15.0. The van der Waals surface area contributed by atoms with Crippen molar-refractivity contribution in [3.8, 4) is 6.07 Å². The van der Waals surface area contributed by atoms with Gasteiger partial charge in [-0.25, -0.2) is 4.98 Å². The first-order chi connectivity index (χ1) is 10.3. The molecule has 21 heavy (non-hydrogen) atoms. The Bertz CT molecular complexity index is 765. The van der Waals surface area contributed by atoms with Crippen LogP contribution < -0.4 is 5.32 Å². The molecule has 0 aliphatic rings. The monoisotopic (exact) mass is 276 g/mol. The van der Waals surface area contributed by atoms with Gasteiger partial charge >= 0.3 is 0 Å². The molecule has 0 aliphatic heterocycles. The molecular formula is C17H16N4. The number of nitrogens with one attached hydrogen (secondary N) is 2. The summed E-state index contributed by atoms with van der Waals surface area (Å²) in [5.41, 5.74) is 3.72. The highest BCUT2D eigenvalue weighted by molar-refractivity contribution is 5.74. The second-order valence-electron chi connectivity index (χ2n) is 5.01. The summed E-state index contributed by atoms with van der Waals surface area (Å²) in [6, 6.07) is 17.9. The molecule has 0 aliphatic carbocycles. The zero-order valence-corrected chi connectivity index (χ0v) is 11.8. The van der Waals surface area contributed by atoms with E-state index >= 15 is 0 Å². The summed E-state index contributed by atoms with van der Waals surface area (Å²) < 4.78 is 0. The second-order valence-corrected chi connectivity index (χ2v) is 5.01. The Labute approximate surface area is 123 Å². The molecule has 104 valence electrons. The van der Waals surface area contributed by atoms with Crippen molar-refractivity contribution in [2.75, 3.05) is 0 Å². The van der Waals surface area contributed by atoms with E-state index < -0.39 is 0 Å². The Kier molecular flexibility index (Phi) is 3.67. The number of aromatic amines is 1. The minimum absolute atomic E-state index is 0.0872. The van der Waals surface area contributed by atoms with E-state index in [0.717, 1.165) is 22.4 Å². The zero-order valence-electron chi connectivity index (χ0n) is 11.8. The molecule has 4 heteroatoms. The Morgan fingerprint density at radius 3 is 2.76 bits per heavy atom. The summed E-state index contributed by atoms with van der Waals surface area (Å²) in [6.07, 6.45) is 0. The molecule has 0 amide bonds. The minimum atomic E-state index is 0.0872. The van der Waals surface area contributed by atoms with Crippen LogP contribution in [-0.2, 0) is 6.54 Å². The third-order valence-corrected chi connectivity index (χ3v) is 3.55. The van der Waals surface area contributed by atoms with E-state index in [1.165, 1.54) is 0 Å². The van der Waals surface area contributed by atoms with E-state index in [4.69, 9.17) is 5.26 Å². The summed E-state index contributed by atoms with van der Waals surface area (Å²) in [7, 11) is 0. The maximum Gasteiger partial charge on any atom is 0.124 e. The van der Waals surface area contributed by atoms with Crippen LogP contribution in [0.25, 0.3) is 11.0 Å². The highest BCUT2D eigenvalue weighted by Crippen LogP contribution is 2.16. The number of imidazole rings is 1. The Morgan fingerprint density at radius 1 is 1.19 bits per heavy atom. The third kappa shape index (κ3) is 2.78. The van der Waals surface area contributed by atoms with Gasteiger partial charge in [-0.05, 0) is 30.7 Å². The number of benzene rings is 2. The Hall–Kier alpha value is -2.64. The molecule has 0 fully saturated rings. The Balaban J connectivity index is 1.74. The van der Waals surface area contributed by atoms with Crippen molar-refractivity contribution in [1.82, 2.24) is 15.3 Å². The van der Waals surface area contributed by atoms with Crippen LogP contribution in [0.15, 0.2) is 48.5 Å². The van der Waals surface area contributed by atoms with E-state index in [1.54, 1.807) is 0 Å². The van der Waals surface area contributed by atoms with Gasteiger partial charge in [0.2, 0.25) is 0 Å². The second kappa shape index (κ2) is 5.78. The number of hydrogen-bond acceptors (Lipinski definition) is 3. The summed E-state index contributed by atoms with van der Waals surface area (Å²) in [5.74, 6) is 0.908. The molecule has 0 saturated heterocycles. The van der Waals surface area contributed by atoms with Gasteiger partial charge in [0.25, 0.3) is 0 Å². The lowest BCUT2D eigenvalue weighted by Crippen LogP contribution is -2.19. The maximum atomic E-state index is 9.10. The summed E-state index contributed by atoms with van der Waals surface area (Å²) >= 11 is 0. The first-order valence-electron chi connectivity index (χ1n) is 6.94. The Morgan fingerprint density at radius 2 is 1.95 bits per heavy atom. The molecule has 1 unspecified atom stereocenters. The molecule has 0 radical (unpaired) electrons. The predicted molar refractivity (Wildman–Crippen MR) is 82.5 cm³/mol. The fourth-order valence-corrected chi connectivity index (χ4v) is 2.32. The van der Waals surface area contributed by atoms with Gasteiger partial charge in [0.15, 0.2) is 0 Å². The smallest absolute Gasteiger partial charge is 0.124 e. The van der Waals surface area contributed by atoms with Crippen LogP contribution in [-0.4, -0.2) is 9.97 Å². The number of hydrogen-bond donors (Lipinski definition) is 2. The standard InChI is InChI=1S/C17H16N4/c1-12(17-20-15-8-4-5-9-16(15)21-17)19-11-14-7-3-2-6-13(14)10-18/h2-9,12,19H,11H2,1H3,(H,20,21). The average molecular weight is 276 g/mol. The molecule has 0 saturated carbocycles. The van der Waals surface area contributed by atoms with Gasteiger partial charge in [-0.2, -0.15) is 5.26 Å². The summed E-state index contributed by atoms with van der Waals surface area (Å²) in [5, 5.41) is 12.5. The number of aromatic nitrogens is 2. The van der Waals surface area contributed by atoms with Crippen LogP contribution in [0.1, 0.15) is 29.9 Å². The third-order valence-electron chi connectivity index (χ3n) is 3.55. The first-order valence-corrected chi connectivity index (χ1v) is 6.94. The number of nitrogens with zero attached hydrogens (tertiary/aromatic N) is 2. The number of fused-ring (bicyclic) bond motifs is 1. The lowest BCUT2D eigenvalue weighted by Gasteiger charge is -2.12. The quantitative estimate of drug-likeness (QED) is 0.768. The summed E-state index contributed by atoms with van der Waals surface area (Å²) in [4.78, 5) is 7.91. The number of nitriles is 1. The van der Waals surface area contributed by atoms with Crippen molar-refractivity contribution in [3.63, 3.8) is 0 Å². The van der Waals surface area contributed by atoms with Crippen molar-refractivity contribution in [1.29, 1.82) is 5.26 Å². The van der Waals surface area contributed by atoms with E-state index in [0.29, 0.717) is 12.1 Å². The van der Waals surface area contributed by atoms with Gasteiger partial charge in [0, 0.05) is 6.54 Å². The number of para-hydroxylation sites is 2. The van der Waals surface area contributed by atoms with Crippen molar-refractivity contribution in [3.05, 3.63) is 65.5 Å². The van der Waals surface area contributed by atoms with Gasteiger partial charge < -0.3 is 10.3 Å².